The number of ether oxygens (including phenoxy) is 1. The van der Waals surface area contributed by atoms with Gasteiger partial charge in [-0.2, -0.15) is 0 Å². The molecule has 148 valence electrons. The number of aliphatic imine (C=N–C) groups is 1. The Morgan fingerprint density at radius 3 is 2.72 bits per heavy atom. The third-order valence-electron chi connectivity index (χ3n) is 6.49. The molecule has 0 aliphatic carbocycles. The minimum absolute atomic E-state index is 0.244. The van der Waals surface area contributed by atoms with Crippen LogP contribution in [-0.4, -0.2) is 23.5 Å². The SMILES string of the molecule is CC(C)CCN1c2ccccc2C(C)(C)C12C=Nc1c(ccc3ccncc13)O2. The molecular formula is C25H27N3O. The third-order valence-corrected chi connectivity index (χ3v) is 6.49. The van der Waals surface area contributed by atoms with Gasteiger partial charge in [-0.1, -0.05) is 38.1 Å². The van der Waals surface area contributed by atoms with Crippen molar-refractivity contribution >= 4 is 28.4 Å². The van der Waals surface area contributed by atoms with Crippen molar-refractivity contribution in [2.75, 3.05) is 11.4 Å². The molecule has 0 fully saturated rings. The molecule has 0 saturated carbocycles. The van der Waals surface area contributed by atoms with Gasteiger partial charge in [0.1, 0.15) is 11.4 Å². The molecule has 0 radical (unpaired) electrons. The third kappa shape index (κ3) is 2.51. The molecule has 1 atom stereocenters. The highest BCUT2D eigenvalue weighted by Crippen LogP contribution is 2.54. The van der Waals surface area contributed by atoms with Gasteiger partial charge in [-0.25, -0.2) is 0 Å². The highest BCUT2D eigenvalue weighted by Gasteiger charge is 2.59. The second kappa shape index (κ2) is 6.31. The van der Waals surface area contributed by atoms with Crippen molar-refractivity contribution < 1.29 is 4.74 Å². The zero-order chi connectivity index (χ0) is 20.2. The molecule has 2 aliphatic rings. The predicted molar refractivity (Wildman–Crippen MR) is 120 cm³/mol. The average molecular weight is 386 g/mol. The molecule has 0 N–H and O–H groups in total. The minimum atomic E-state index is -0.644. The fraction of sp³-hybridized carbons (Fsp3) is 0.360. The molecule has 0 bridgehead atoms. The summed E-state index contributed by atoms with van der Waals surface area (Å²) in [4.78, 5) is 11.7. The summed E-state index contributed by atoms with van der Waals surface area (Å²) in [6, 6.07) is 14.8. The normalized spacial score (nSPS) is 21.5. The first-order valence-electron chi connectivity index (χ1n) is 10.4. The molecule has 0 amide bonds. The first kappa shape index (κ1) is 18.2. The van der Waals surface area contributed by atoms with Crippen molar-refractivity contribution in [2.24, 2.45) is 10.9 Å². The summed E-state index contributed by atoms with van der Waals surface area (Å²) in [5.41, 5.74) is 2.54. The lowest BCUT2D eigenvalue weighted by Crippen LogP contribution is -2.62. The molecule has 4 heteroatoms. The van der Waals surface area contributed by atoms with Gasteiger partial charge >= 0.3 is 0 Å². The Labute approximate surface area is 172 Å². The summed E-state index contributed by atoms with van der Waals surface area (Å²) in [6.45, 7) is 9.99. The van der Waals surface area contributed by atoms with Crippen molar-refractivity contribution in [1.29, 1.82) is 0 Å². The summed E-state index contributed by atoms with van der Waals surface area (Å²) >= 11 is 0. The van der Waals surface area contributed by atoms with Gasteiger partial charge in [0.15, 0.2) is 0 Å². The molecule has 2 aliphatic heterocycles. The lowest BCUT2D eigenvalue weighted by atomic mass is 9.77. The maximum Gasteiger partial charge on any atom is 0.228 e. The highest BCUT2D eigenvalue weighted by molar-refractivity contribution is 5.99. The van der Waals surface area contributed by atoms with E-state index in [1.807, 2.05) is 24.7 Å². The first-order valence-corrected chi connectivity index (χ1v) is 10.4. The van der Waals surface area contributed by atoms with E-state index in [-0.39, 0.29) is 5.41 Å². The second-order valence-electron chi connectivity index (χ2n) is 9.04. The summed E-state index contributed by atoms with van der Waals surface area (Å²) in [7, 11) is 0. The van der Waals surface area contributed by atoms with E-state index in [9.17, 15) is 0 Å². The highest BCUT2D eigenvalue weighted by atomic mass is 16.5. The summed E-state index contributed by atoms with van der Waals surface area (Å²) in [5, 5.41) is 2.15. The number of nitrogens with zero attached hydrogens (tertiary/aromatic N) is 3. The number of fused-ring (bicyclic) bond motifs is 4. The molecule has 3 heterocycles. The Morgan fingerprint density at radius 2 is 1.90 bits per heavy atom. The maximum absolute atomic E-state index is 6.88. The molecular weight excluding hydrogens is 358 g/mol. The van der Waals surface area contributed by atoms with E-state index >= 15 is 0 Å². The number of pyridine rings is 1. The Kier molecular flexibility index (Phi) is 3.95. The molecule has 29 heavy (non-hydrogen) atoms. The fourth-order valence-electron chi connectivity index (χ4n) is 4.72. The Bertz CT molecular complexity index is 1120. The van der Waals surface area contributed by atoms with Gasteiger partial charge in [0.2, 0.25) is 5.72 Å². The molecule has 1 unspecified atom stereocenters. The van der Waals surface area contributed by atoms with E-state index in [4.69, 9.17) is 9.73 Å². The van der Waals surface area contributed by atoms with Gasteiger partial charge in [0.25, 0.3) is 0 Å². The second-order valence-corrected chi connectivity index (χ2v) is 9.04. The number of hydrogen-bond donors (Lipinski definition) is 0. The number of para-hydroxylation sites is 1. The molecule has 3 aromatic rings. The van der Waals surface area contributed by atoms with Crippen LogP contribution in [0.2, 0.25) is 0 Å². The Balaban J connectivity index is 1.67. The van der Waals surface area contributed by atoms with Crippen LogP contribution < -0.4 is 9.64 Å². The smallest absolute Gasteiger partial charge is 0.228 e. The minimum Gasteiger partial charge on any atom is -0.459 e. The van der Waals surface area contributed by atoms with Crippen LogP contribution in [0.25, 0.3) is 10.8 Å². The van der Waals surface area contributed by atoms with Crippen LogP contribution in [0.4, 0.5) is 11.4 Å². The number of rotatable bonds is 3. The van der Waals surface area contributed by atoms with Crippen LogP contribution in [0.3, 0.4) is 0 Å². The topological polar surface area (TPSA) is 37.7 Å². The quantitative estimate of drug-likeness (QED) is 0.566. The zero-order valence-corrected chi connectivity index (χ0v) is 17.5. The lowest BCUT2D eigenvalue weighted by Gasteiger charge is -2.46. The van der Waals surface area contributed by atoms with Crippen LogP contribution in [0.1, 0.15) is 39.7 Å². The van der Waals surface area contributed by atoms with Crippen LogP contribution in [0.5, 0.6) is 5.75 Å². The maximum atomic E-state index is 6.88. The van der Waals surface area contributed by atoms with E-state index in [0.717, 1.165) is 35.2 Å². The van der Waals surface area contributed by atoms with E-state index in [2.05, 4.69) is 74.0 Å². The summed E-state index contributed by atoms with van der Waals surface area (Å²) in [5.74, 6) is 1.44. The van der Waals surface area contributed by atoms with Crippen LogP contribution in [0.15, 0.2) is 59.9 Å². The number of anilines is 1. The fourth-order valence-corrected chi connectivity index (χ4v) is 4.72. The standard InChI is InChI=1S/C25H27N3O/c1-17(2)12-14-28-21-8-6-5-7-20(21)24(3,4)25(28)16-27-23-19-15-26-13-11-18(19)9-10-22(23)29-25/h5-11,13,15-17H,12,14H2,1-4H3. The van der Waals surface area contributed by atoms with Crippen molar-refractivity contribution in [1.82, 2.24) is 4.98 Å². The molecule has 5 rings (SSSR count). The molecule has 4 nitrogen and oxygen atoms in total. The molecule has 1 aromatic heterocycles. The van der Waals surface area contributed by atoms with E-state index in [0.29, 0.717) is 5.92 Å². The molecule has 1 spiro atoms. The summed E-state index contributed by atoms with van der Waals surface area (Å²) in [6.07, 6.45) is 6.81. The number of benzene rings is 2. The van der Waals surface area contributed by atoms with Crippen molar-refractivity contribution in [2.45, 2.75) is 45.3 Å². The van der Waals surface area contributed by atoms with Gasteiger partial charge in [0, 0.05) is 30.0 Å². The van der Waals surface area contributed by atoms with Crippen LogP contribution in [0, 0.1) is 5.92 Å². The van der Waals surface area contributed by atoms with Crippen molar-refractivity contribution in [3.63, 3.8) is 0 Å². The van der Waals surface area contributed by atoms with Gasteiger partial charge in [-0.15, -0.1) is 0 Å². The molecule has 2 aromatic carbocycles. The van der Waals surface area contributed by atoms with Crippen molar-refractivity contribution in [3.8, 4) is 5.75 Å². The van der Waals surface area contributed by atoms with E-state index in [1.54, 1.807) is 0 Å². The summed E-state index contributed by atoms with van der Waals surface area (Å²) < 4.78 is 6.88. The molecule has 0 saturated heterocycles. The lowest BCUT2D eigenvalue weighted by molar-refractivity contribution is 0.0769. The van der Waals surface area contributed by atoms with Crippen LogP contribution in [-0.2, 0) is 5.41 Å². The first-order chi connectivity index (χ1) is 13.9. The Hall–Kier alpha value is -2.88. The van der Waals surface area contributed by atoms with Gasteiger partial charge in [0.05, 0.1) is 11.6 Å². The van der Waals surface area contributed by atoms with Gasteiger partial charge in [-0.05, 0) is 55.3 Å². The predicted octanol–water partition coefficient (Wildman–Crippen LogP) is 5.87. The van der Waals surface area contributed by atoms with Gasteiger partial charge in [-0.3, -0.25) is 9.98 Å². The average Bonchev–Trinajstić information content (AvgIpc) is 2.90. The number of aromatic nitrogens is 1. The van der Waals surface area contributed by atoms with Crippen LogP contribution >= 0.6 is 0 Å². The largest absolute Gasteiger partial charge is 0.459 e. The van der Waals surface area contributed by atoms with Gasteiger partial charge < -0.3 is 9.64 Å². The zero-order valence-electron chi connectivity index (χ0n) is 17.5. The van der Waals surface area contributed by atoms with Crippen molar-refractivity contribution in [3.05, 3.63) is 60.4 Å². The monoisotopic (exact) mass is 385 g/mol. The van der Waals surface area contributed by atoms with E-state index < -0.39 is 5.72 Å². The number of hydrogen-bond acceptors (Lipinski definition) is 4. The van der Waals surface area contributed by atoms with E-state index in [1.165, 1.54) is 11.3 Å². The Morgan fingerprint density at radius 1 is 1.07 bits per heavy atom.